The minimum Gasteiger partial charge on any atom is -0.501 e. The molecule has 5 heteroatoms. The van der Waals surface area contributed by atoms with Crippen LogP contribution in [0.1, 0.15) is 31.5 Å². The highest BCUT2D eigenvalue weighted by Gasteiger charge is 2.24. The van der Waals surface area contributed by atoms with E-state index in [2.05, 4.69) is 29.1 Å². The fraction of sp³-hybridized carbons (Fsp3) is 0.353. The molecular weight excluding hydrogens is 276 g/mol. The zero-order valence-corrected chi connectivity index (χ0v) is 13.1. The van der Waals surface area contributed by atoms with Crippen molar-refractivity contribution in [3.63, 3.8) is 0 Å². The molecule has 0 saturated heterocycles. The van der Waals surface area contributed by atoms with E-state index in [0.717, 1.165) is 30.0 Å². The number of hydrogen-bond donors (Lipinski definition) is 1. The van der Waals surface area contributed by atoms with E-state index in [4.69, 9.17) is 9.72 Å². The lowest BCUT2D eigenvalue weighted by molar-refractivity contribution is 0.275. The zero-order chi connectivity index (χ0) is 15.5. The van der Waals surface area contributed by atoms with Gasteiger partial charge in [-0.3, -0.25) is 4.98 Å². The Bertz CT molecular complexity index is 695. The van der Waals surface area contributed by atoms with Gasteiger partial charge in [-0.15, -0.1) is 0 Å². The van der Waals surface area contributed by atoms with Crippen LogP contribution in [0.25, 0.3) is 5.57 Å². The minimum absolute atomic E-state index is 0.359. The number of aromatic nitrogens is 3. The van der Waals surface area contributed by atoms with E-state index in [1.54, 1.807) is 19.5 Å². The third kappa shape index (κ3) is 2.79. The van der Waals surface area contributed by atoms with Crippen LogP contribution in [0.15, 0.2) is 36.5 Å². The molecule has 0 radical (unpaired) electrons. The third-order valence-corrected chi connectivity index (χ3v) is 3.80. The predicted molar refractivity (Wildman–Crippen MR) is 86.6 cm³/mol. The van der Waals surface area contributed by atoms with Gasteiger partial charge in [-0.2, -0.15) is 0 Å². The summed E-state index contributed by atoms with van der Waals surface area (Å²) in [6, 6.07) is 3.78. The molecule has 2 heterocycles. The van der Waals surface area contributed by atoms with Gasteiger partial charge >= 0.3 is 0 Å². The molecule has 3 rings (SSSR count). The van der Waals surface area contributed by atoms with Crippen LogP contribution in [-0.2, 0) is 11.2 Å². The van der Waals surface area contributed by atoms with Gasteiger partial charge in [0.2, 0.25) is 5.95 Å². The average molecular weight is 296 g/mol. The summed E-state index contributed by atoms with van der Waals surface area (Å²) in [6.45, 7) is 4.34. The quantitative estimate of drug-likeness (QED) is 0.934. The van der Waals surface area contributed by atoms with E-state index in [1.165, 1.54) is 11.1 Å². The molecule has 1 N–H and O–H groups in total. The molecule has 0 atom stereocenters. The van der Waals surface area contributed by atoms with Gasteiger partial charge in [-0.1, -0.05) is 13.8 Å². The number of nitrogens with one attached hydrogen (secondary N) is 1. The molecule has 0 aliphatic heterocycles. The smallest absolute Gasteiger partial charge is 0.227 e. The second-order valence-corrected chi connectivity index (χ2v) is 5.62. The SMILES string of the molecule is COC1=C(C(C)C)c2nc(Nc3ccncc3)ncc2CC1. The highest BCUT2D eigenvalue weighted by Crippen LogP contribution is 2.35. The molecule has 1 aliphatic carbocycles. The first-order chi connectivity index (χ1) is 10.7. The van der Waals surface area contributed by atoms with Crippen LogP contribution in [0.2, 0.25) is 0 Å². The Kier molecular flexibility index (Phi) is 4.04. The van der Waals surface area contributed by atoms with Gasteiger partial charge in [0.15, 0.2) is 0 Å². The zero-order valence-electron chi connectivity index (χ0n) is 13.1. The largest absolute Gasteiger partial charge is 0.501 e. The maximum Gasteiger partial charge on any atom is 0.227 e. The standard InChI is InChI=1S/C17H20N4O/c1-11(2)15-14(22-3)5-4-12-10-19-17(21-16(12)15)20-13-6-8-18-9-7-13/h6-11H,4-5H2,1-3H3,(H,18,19,20,21). The number of allylic oxidation sites excluding steroid dienone is 2. The van der Waals surface area contributed by atoms with Crippen molar-refractivity contribution in [1.29, 1.82) is 0 Å². The van der Waals surface area contributed by atoms with Crippen molar-refractivity contribution >= 4 is 17.2 Å². The van der Waals surface area contributed by atoms with Crippen LogP contribution in [0.3, 0.4) is 0 Å². The molecule has 1 aliphatic rings. The monoisotopic (exact) mass is 296 g/mol. The molecule has 114 valence electrons. The van der Waals surface area contributed by atoms with Crippen molar-refractivity contribution in [2.24, 2.45) is 5.92 Å². The predicted octanol–water partition coefficient (Wildman–Crippen LogP) is 3.57. The summed E-state index contributed by atoms with van der Waals surface area (Å²) in [7, 11) is 1.74. The van der Waals surface area contributed by atoms with Crippen LogP contribution in [0.4, 0.5) is 11.6 Å². The van der Waals surface area contributed by atoms with Crippen molar-refractivity contribution in [3.05, 3.63) is 47.7 Å². The first-order valence-electron chi connectivity index (χ1n) is 7.49. The van der Waals surface area contributed by atoms with E-state index in [0.29, 0.717) is 11.9 Å². The first kappa shape index (κ1) is 14.5. The highest BCUT2D eigenvalue weighted by molar-refractivity contribution is 5.71. The van der Waals surface area contributed by atoms with Gasteiger partial charge in [-0.25, -0.2) is 9.97 Å². The summed E-state index contributed by atoms with van der Waals surface area (Å²) in [5.74, 6) is 1.99. The van der Waals surface area contributed by atoms with Crippen LogP contribution < -0.4 is 5.32 Å². The second kappa shape index (κ2) is 6.13. The van der Waals surface area contributed by atoms with E-state index >= 15 is 0 Å². The molecule has 0 saturated carbocycles. The number of rotatable bonds is 4. The molecule has 0 fully saturated rings. The Morgan fingerprint density at radius 3 is 2.64 bits per heavy atom. The Balaban J connectivity index is 1.99. The molecule has 0 amide bonds. The molecule has 0 spiro atoms. The van der Waals surface area contributed by atoms with Crippen LogP contribution in [0.5, 0.6) is 0 Å². The lowest BCUT2D eigenvalue weighted by atomic mass is 9.88. The average Bonchev–Trinajstić information content (AvgIpc) is 2.54. The van der Waals surface area contributed by atoms with E-state index in [-0.39, 0.29) is 0 Å². The Morgan fingerprint density at radius 1 is 1.18 bits per heavy atom. The van der Waals surface area contributed by atoms with Crippen LogP contribution in [0, 0.1) is 5.92 Å². The molecule has 0 unspecified atom stereocenters. The highest BCUT2D eigenvalue weighted by atomic mass is 16.5. The molecule has 2 aromatic heterocycles. The number of hydrogen-bond acceptors (Lipinski definition) is 5. The molecule has 0 aromatic carbocycles. The van der Waals surface area contributed by atoms with Crippen LogP contribution >= 0.6 is 0 Å². The number of methoxy groups -OCH3 is 1. The number of fused-ring (bicyclic) bond motifs is 1. The van der Waals surface area contributed by atoms with E-state index in [1.807, 2.05) is 18.3 Å². The Hall–Kier alpha value is -2.43. The third-order valence-electron chi connectivity index (χ3n) is 3.80. The van der Waals surface area contributed by atoms with Gasteiger partial charge in [0.1, 0.15) is 5.76 Å². The van der Waals surface area contributed by atoms with E-state index < -0.39 is 0 Å². The topological polar surface area (TPSA) is 59.9 Å². The first-order valence-corrected chi connectivity index (χ1v) is 7.49. The summed E-state index contributed by atoms with van der Waals surface area (Å²) < 4.78 is 5.57. The lowest BCUT2D eigenvalue weighted by Gasteiger charge is -2.24. The summed E-state index contributed by atoms with van der Waals surface area (Å²) in [4.78, 5) is 13.2. The lowest BCUT2D eigenvalue weighted by Crippen LogP contribution is -2.14. The number of ether oxygens (including phenoxy) is 1. The van der Waals surface area contributed by atoms with Gasteiger partial charge in [0.05, 0.1) is 12.8 Å². The van der Waals surface area contributed by atoms with Gasteiger partial charge in [0, 0.05) is 36.3 Å². The summed E-state index contributed by atoms with van der Waals surface area (Å²) in [5, 5.41) is 3.22. The fourth-order valence-electron chi connectivity index (χ4n) is 2.77. The van der Waals surface area contributed by atoms with Crippen molar-refractivity contribution in [3.8, 4) is 0 Å². The van der Waals surface area contributed by atoms with Crippen molar-refractivity contribution in [2.45, 2.75) is 26.7 Å². The number of anilines is 2. The molecule has 0 bridgehead atoms. The minimum atomic E-state index is 0.359. The van der Waals surface area contributed by atoms with Crippen molar-refractivity contribution < 1.29 is 4.74 Å². The van der Waals surface area contributed by atoms with Gasteiger partial charge in [-0.05, 0) is 30.0 Å². The normalized spacial score (nSPS) is 14.0. The summed E-state index contributed by atoms with van der Waals surface area (Å²) in [6.07, 6.45) is 7.23. The maximum atomic E-state index is 5.57. The molecule has 5 nitrogen and oxygen atoms in total. The van der Waals surface area contributed by atoms with Crippen LogP contribution in [-0.4, -0.2) is 22.1 Å². The Labute approximate surface area is 130 Å². The van der Waals surface area contributed by atoms with Crippen molar-refractivity contribution in [1.82, 2.24) is 15.0 Å². The number of aryl methyl sites for hydroxylation is 1. The maximum absolute atomic E-state index is 5.57. The summed E-state index contributed by atoms with van der Waals surface area (Å²) >= 11 is 0. The molecule has 22 heavy (non-hydrogen) atoms. The van der Waals surface area contributed by atoms with Crippen molar-refractivity contribution in [2.75, 3.05) is 12.4 Å². The molecule has 2 aromatic rings. The van der Waals surface area contributed by atoms with Gasteiger partial charge in [0.25, 0.3) is 0 Å². The van der Waals surface area contributed by atoms with E-state index in [9.17, 15) is 0 Å². The summed E-state index contributed by atoms with van der Waals surface area (Å²) in [5.41, 5.74) is 4.30. The van der Waals surface area contributed by atoms with Gasteiger partial charge < -0.3 is 10.1 Å². The Morgan fingerprint density at radius 2 is 1.95 bits per heavy atom. The number of pyridine rings is 1. The molecular formula is C17H20N4O. The fourth-order valence-corrected chi connectivity index (χ4v) is 2.77. The second-order valence-electron chi connectivity index (χ2n) is 5.62. The number of nitrogens with zero attached hydrogens (tertiary/aromatic N) is 3.